The third kappa shape index (κ3) is 4.29. The van der Waals surface area contributed by atoms with Gasteiger partial charge in [0.05, 0.1) is 5.69 Å². The number of rotatable bonds is 3. The molecule has 2 rings (SSSR count). The van der Waals surface area contributed by atoms with E-state index in [0.717, 1.165) is 31.0 Å². The van der Waals surface area contributed by atoms with Crippen LogP contribution in [0, 0.1) is 17.0 Å². The number of aliphatic imine (C=N–C) groups is 1. The summed E-state index contributed by atoms with van der Waals surface area (Å²) in [7, 11) is 0. The Kier molecular flexibility index (Phi) is 5.51. The molecule has 1 aliphatic carbocycles. The van der Waals surface area contributed by atoms with E-state index in [0.29, 0.717) is 6.54 Å². The smallest absolute Gasteiger partial charge is 0.193 e. The summed E-state index contributed by atoms with van der Waals surface area (Å²) in [6.45, 7) is 2.76. The molecule has 106 valence electrons. The lowest BCUT2D eigenvalue weighted by Gasteiger charge is -2.36. The molecule has 3 nitrogen and oxygen atoms in total. The minimum Gasteiger partial charge on any atom is -0.370 e. The molecule has 0 atom stereocenters. The van der Waals surface area contributed by atoms with Gasteiger partial charge < -0.3 is 11.1 Å². The van der Waals surface area contributed by atoms with Crippen LogP contribution < -0.4 is 11.1 Å². The van der Waals surface area contributed by atoms with Crippen LogP contribution in [0.5, 0.6) is 0 Å². The topological polar surface area (TPSA) is 50.4 Å². The maximum atomic E-state index is 13.3. The second kappa shape index (κ2) is 6.49. The summed E-state index contributed by atoms with van der Waals surface area (Å²) in [6, 6.07) is 3.17. The summed E-state index contributed by atoms with van der Waals surface area (Å²) < 4.78 is 26.3. The highest BCUT2D eigenvalue weighted by atomic mass is 127. The molecule has 3 N–H and O–H groups in total. The van der Waals surface area contributed by atoms with Crippen molar-refractivity contribution in [2.75, 3.05) is 11.9 Å². The Hall–Kier alpha value is -0.920. The number of guanidine groups is 1. The lowest BCUT2D eigenvalue weighted by molar-refractivity contribution is 0.174. The summed E-state index contributed by atoms with van der Waals surface area (Å²) in [5, 5.41) is 2.58. The van der Waals surface area contributed by atoms with Crippen LogP contribution >= 0.6 is 24.0 Å². The highest BCUT2D eigenvalue weighted by Gasteiger charge is 2.31. The Balaban J connectivity index is 0.00000180. The van der Waals surface area contributed by atoms with Crippen LogP contribution in [0.4, 0.5) is 14.5 Å². The molecule has 0 radical (unpaired) electrons. The van der Waals surface area contributed by atoms with Gasteiger partial charge in [-0.25, -0.2) is 8.78 Å². The summed E-state index contributed by atoms with van der Waals surface area (Å²) in [5.41, 5.74) is 5.88. The van der Waals surface area contributed by atoms with Gasteiger partial charge in [0.1, 0.15) is 11.6 Å². The average Bonchev–Trinajstić information content (AvgIpc) is 2.29. The number of benzene rings is 1. The van der Waals surface area contributed by atoms with E-state index in [2.05, 4.69) is 17.2 Å². The van der Waals surface area contributed by atoms with Crippen molar-refractivity contribution in [3.63, 3.8) is 0 Å². The number of nitrogens with one attached hydrogen (secondary N) is 1. The number of halogens is 3. The van der Waals surface area contributed by atoms with Gasteiger partial charge in [0.2, 0.25) is 0 Å². The second-order valence-electron chi connectivity index (χ2n) is 5.11. The molecule has 6 heteroatoms. The monoisotopic (exact) mass is 381 g/mol. The Morgan fingerprint density at radius 1 is 1.42 bits per heavy atom. The second-order valence-corrected chi connectivity index (χ2v) is 5.11. The van der Waals surface area contributed by atoms with E-state index < -0.39 is 11.6 Å². The first-order valence-corrected chi connectivity index (χ1v) is 6.01. The van der Waals surface area contributed by atoms with Gasteiger partial charge >= 0.3 is 0 Å². The number of nitrogens with two attached hydrogens (primary N) is 1. The van der Waals surface area contributed by atoms with Gasteiger partial charge in [-0.3, -0.25) is 4.99 Å². The summed E-state index contributed by atoms with van der Waals surface area (Å²) in [6.07, 6.45) is 3.49. The molecule has 1 aromatic rings. The van der Waals surface area contributed by atoms with E-state index in [1.54, 1.807) is 0 Å². The van der Waals surface area contributed by atoms with E-state index in [1.165, 1.54) is 6.42 Å². The summed E-state index contributed by atoms with van der Waals surface area (Å²) in [4.78, 5) is 4.18. The molecule has 0 unspecified atom stereocenters. The van der Waals surface area contributed by atoms with Crippen molar-refractivity contribution >= 4 is 35.6 Å². The number of nitrogens with zero attached hydrogens (tertiary/aromatic N) is 1. The van der Waals surface area contributed by atoms with Gasteiger partial charge in [-0.15, -0.1) is 24.0 Å². The zero-order valence-corrected chi connectivity index (χ0v) is 13.1. The van der Waals surface area contributed by atoms with E-state index in [-0.39, 0.29) is 41.0 Å². The predicted octanol–water partition coefficient (Wildman–Crippen LogP) is 3.50. The third-order valence-electron chi connectivity index (χ3n) is 3.38. The molecule has 0 bridgehead atoms. The highest BCUT2D eigenvalue weighted by molar-refractivity contribution is 14.0. The minimum absolute atomic E-state index is 0. The maximum Gasteiger partial charge on any atom is 0.193 e. The van der Waals surface area contributed by atoms with Gasteiger partial charge in [-0.05, 0) is 30.4 Å². The van der Waals surface area contributed by atoms with Crippen molar-refractivity contribution in [3.8, 4) is 0 Å². The fourth-order valence-corrected chi connectivity index (χ4v) is 1.99. The fraction of sp³-hybridized carbons (Fsp3) is 0.462. The van der Waals surface area contributed by atoms with Crippen LogP contribution in [-0.4, -0.2) is 12.5 Å². The Morgan fingerprint density at radius 2 is 2.11 bits per heavy atom. The maximum absolute atomic E-state index is 13.3. The van der Waals surface area contributed by atoms with Crippen LogP contribution in [0.15, 0.2) is 23.2 Å². The Labute approximate surface area is 128 Å². The SMILES string of the molecule is CC1(CN=C(N)Nc2cc(F)ccc2F)CCC1.I. The molecular formula is C13H18F2IN3. The van der Waals surface area contributed by atoms with Crippen LogP contribution in [0.25, 0.3) is 0 Å². The molecule has 1 fully saturated rings. The molecule has 0 aliphatic heterocycles. The molecule has 1 aromatic carbocycles. The zero-order chi connectivity index (χ0) is 13.2. The fourth-order valence-electron chi connectivity index (χ4n) is 1.99. The van der Waals surface area contributed by atoms with Crippen molar-refractivity contribution in [3.05, 3.63) is 29.8 Å². The normalized spacial score (nSPS) is 17.3. The van der Waals surface area contributed by atoms with Gasteiger partial charge in [-0.2, -0.15) is 0 Å². The molecule has 1 aliphatic rings. The molecular weight excluding hydrogens is 363 g/mol. The van der Waals surface area contributed by atoms with Gasteiger partial charge in [0.15, 0.2) is 5.96 Å². The van der Waals surface area contributed by atoms with Gasteiger partial charge in [0, 0.05) is 12.6 Å². The van der Waals surface area contributed by atoms with E-state index in [9.17, 15) is 8.78 Å². The average molecular weight is 381 g/mol. The quantitative estimate of drug-likeness (QED) is 0.479. The third-order valence-corrected chi connectivity index (χ3v) is 3.38. The first-order valence-electron chi connectivity index (χ1n) is 6.01. The molecule has 0 spiro atoms. The molecule has 0 amide bonds. The highest BCUT2D eigenvalue weighted by Crippen LogP contribution is 2.40. The lowest BCUT2D eigenvalue weighted by atomic mass is 9.71. The van der Waals surface area contributed by atoms with Crippen molar-refractivity contribution in [1.29, 1.82) is 0 Å². The van der Waals surface area contributed by atoms with Crippen LogP contribution in [0.1, 0.15) is 26.2 Å². The minimum atomic E-state index is -0.551. The Bertz CT molecular complexity index is 473. The van der Waals surface area contributed by atoms with Crippen molar-refractivity contribution in [2.45, 2.75) is 26.2 Å². The molecule has 0 heterocycles. The van der Waals surface area contributed by atoms with Gasteiger partial charge in [-0.1, -0.05) is 13.3 Å². The lowest BCUT2D eigenvalue weighted by Crippen LogP contribution is -2.31. The first kappa shape index (κ1) is 16.1. The molecule has 0 saturated heterocycles. The first-order chi connectivity index (χ1) is 8.48. The number of anilines is 1. The van der Waals surface area contributed by atoms with Gasteiger partial charge in [0.25, 0.3) is 0 Å². The number of hydrogen-bond donors (Lipinski definition) is 2. The molecule has 0 aromatic heterocycles. The predicted molar refractivity (Wildman–Crippen MR) is 83.8 cm³/mol. The molecule has 1 saturated carbocycles. The van der Waals surface area contributed by atoms with Crippen LogP contribution in [0.2, 0.25) is 0 Å². The van der Waals surface area contributed by atoms with Crippen molar-refractivity contribution in [1.82, 2.24) is 0 Å². The van der Waals surface area contributed by atoms with Crippen LogP contribution in [0.3, 0.4) is 0 Å². The Morgan fingerprint density at radius 3 is 2.68 bits per heavy atom. The summed E-state index contributed by atoms with van der Waals surface area (Å²) >= 11 is 0. The number of hydrogen-bond acceptors (Lipinski definition) is 1. The largest absolute Gasteiger partial charge is 0.370 e. The standard InChI is InChI=1S/C13H17F2N3.HI/c1-13(5-2-6-13)8-17-12(16)18-11-7-9(14)3-4-10(11)15;/h3-4,7H,2,5-6,8H2,1H3,(H3,16,17,18);1H. The van der Waals surface area contributed by atoms with Crippen molar-refractivity contribution < 1.29 is 8.78 Å². The van der Waals surface area contributed by atoms with E-state index in [4.69, 9.17) is 5.73 Å². The zero-order valence-electron chi connectivity index (χ0n) is 10.7. The summed E-state index contributed by atoms with van der Waals surface area (Å²) in [5.74, 6) is -0.949. The van der Waals surface area contributed by atoms with Crippen molar-refractivity contribution in [2.24, 2.45) is 16.1 Å². The van der Waals surface area contributed by atoms with E-state index >= 15 is 0 Å². The van der Waals surface area contributed by atoms with Crippen LogP contribution in [-0.2, 0) is 0 Å². The van der Waals surface area contributed by atoms with E-state index in [1.807, 2.05) is 0 Å². The molecule has 19 heavy (non-hydrogen) atoms.